The molecule has 0 spiro atoms. The van der Waals surface area contributed by atoms with Gasteiger partial charge in [-0.05, 0) is 24.6 Å². The van der Waals surface area contributed by atoms with Crippen molar-refractivity contribution >= 4 is 23.6 Å². The van der Waals surface area contributed by atoms with Crippen molar-refractivity contribution in [1.82, 2.24) is 10.2 Å². The summed E-state index contributed by atoms with van der Waals surface area (Å²) < 4.78 is 4.65. The van der Waals surface area contributed by atoms with Gasteiger partial charge in [0.15, 0.2) is 0 Å². The van der Waals surface area contributed by atoms with E-state index in [1.54, 1.807) is 18.2 Å². The SMILES string of the molecule is COC(=O)c1ccc(C)c(NC(=O)N2CCNC(=O)C2)c1. The maximum Gasteiger partial charge on any atom is 0.337 e. The van der Waals surface area contributed by atoms with Gasteiger partial charge in [0.1, 0.15) is 6.54 Å². The van der Waals surface area contributed by atoms with Crippen molar-refractivity contribution in [2.45, 2.75) is 6.92 Å². The van der Waals surface area contributed by atoms with Crippen LogP contribution in [0.2, 0.25) is 0 Å². The molecule has 0 bridgehead atoms. The van der Waals surface area contributed by atoms with E-state index in [0.717, 1.165) is 5.56 Å². The van der Waals surface area contributed by atoms with Crippen molar-refractivity contribution in [2.75, 3.05) is 32.1 Å². The van der Waals surface area contributed by atoms with Crippen LogP contribution in [0, 0.1) is 6.92 Å². The van der Waals surface area contributed by atoms with Gasteiger partial charge in [0.2, 0.25) is 5.91 Å². The highest BCUT2D eigenvalue weighted by molar-refractivity contribution is 5.96. The highest BCUT2D eigenvalue weighted by Gasteiger charge is 2.21. The number of hydrogen-bond acceptors (Lipinski definition) is 4. The Kier molecular flexibility index (Phi) is 4.42. The number of ether oxygens (including phenoxy) is 1. The van der Waals surface area contributed by atoms with Crippen LogP contribution in [-0.2, 0) is 9.53 Å². The Hall–Kier alpha value is -2.57. The standard InChI is InChI=1S/C14H17N3O4/c1-9-3-4-10(13(19)21-2)7-11(9)16-14(20)17-6-5-15-12(18)8-17/h3-4,7H,5-6,8H2,1-2H3,(H,15,18)(H,16,20). The maximum absolute atomic E-state index is 12.1. The van der Waals surface area contributed by atoms with Crippen molar-refractivity contribution in [2.24, 2.45) is 0 Å². The summed E-state index contributed by atoms with van der Waals surface area (Å²) in [6.45, 7) is 2.74. The van der Waals surface area contributed by atoms with Gasteiger partial charge in [-0.3, -0.25) is 4.79 Å². The molecule has 0 aliphatic carbocycles. The van der Waals surface area contributed by atoms with E-state index in [1.807, 2.05) is 6.92 Å². The number of carbonyl (C=O) groups excluding carboxylic acids is 3. The number of piperazine rings is 1. The van der Waals surface area contributed by atoms with E-state index in [-0.39, 0.29) is 18.5 Å². The lowest BCUT2D eigenvalue weighted by atomic mass is 10.1. The first-order chi connectivity index (χ1) is 10.0. The molecule has 0 radical (unpaired) electrons. The maximum atomic E-state index is 12.1. The van der Waals surface area contributed by atoms with Crippen LogP contribution in [0.3, 0.4) is 0 Å². The quantitative estimate of drug-likeness (QED) is 0.787. The number of nitrogens with zero attached hydrogens (tertiary/aromatic N) is 1. The normalized spacial score (nSPS) is 14.4. The Morgan fingerprint density at radius 2 is 2.14 bits per heavy atom. The lowest BCUT2D eigenvalue weighted by molar-refractivity contribution is -0.123. The number of anilines is 1. The molecule has 7 nitrogen and oxygen atoms in total. The highest BCUT2D eigenvalue weighted by atomic mass is 16.5. The van der Waals surface area contributed by atoms with E-state index in [2.05, 4.69) is 15.4 Å². The van der Waals surface area contributed by atoms with Gasteiger partial charge < -0.3 is 20.3 Å². The molecule has 1 aromatic carbocycles. The highest BCUT2D eigenvalue weighted by Crippen LogP contribution is 2.18. The molecule has 1 fully saturated rings. The van der Waals surface area contributed by atoms with Gasteiger partial charge in [-0.25, -0.2) is 9.59 Å². The van der Waals surface area contributed by atoms with Gasteiger partial charge in [-0.1, -0.05) is 6.07 Å². The largest absolute Gasteiger partial charge is 0.465 e. The zero-order valence-electron chi connectivity index (χ0n) is 11.9. The first-order valence-electron chi connectivity index (χ1n) is 6.53. The number of methoxy groups -OCH3 is 1. The van der Waals surface area contributed by atoms with Gasteiger partial charge in [0, 0.05) is 18.8 Å². The molecule has 0 saturated carbocycles. The lowest BCUT2D eigenvalue weighted by Gasteiger charge is -2.27. The molecule has 2 rings (SSSR count). The average Bonchev–Trinajstić information content (AvgIpc) is 2.48. The molecule has 1 saturated heterocycles. The predicted molar refractivity (Wildman–Crippen MR) is 76.1 cm³/mol. The molecule has 1 heterocycles. The molecular formula is C14H17N3O4. The minimum atomic E-state index is -0.470. The van der Waals surface area contributed by atoms with Gasteiger partial charge in [0.25, 0.3) is 0 Å². The van der Waals surface area contributed by atoms with E-state index in [1.165, 1.54) is 12.0 Å². The second-order valence-electron chi connectivity index (χ2n) is 4.72. The summed E-state index contributed by atoms with van der Waals surface area (Å²) in [4.78, 5) is 36.3. The number of nitrogens with one attached hydrogen (secondary N) is 2. The zero-order chi connectivity index (χ0) is 15.4. The average molecular weight is 291 g/mol. The van der Waals surface area contributed by atoms with Crippen LogP contribution in [0.25, 0.3) is 0 Å². The van der Waals surface area contributed by atoms with Crippen molar-refractivity contribution < 1.29 is 19.1 Å². The fourth-order valence-corrected chi connectivity index (χ4v) is 2.01. The summed E-state index contributed by atoms with van der Waals surface area (Å²) in [7, 11) is 1.30. The first kappa shape index (κ1) is 14.8. The number of hydrogen-bond donors (Lipinski definition) is 2. The molecule has 2 N–H and O–H groups in total. The Balaban J connectivity index is 2.12. The molecule has 0 unspecified atom stereocenters. The Bertz CT molecular complexity index is 586. The molecule has 7 heteroatoms. The summed E-state index contributed by atoms with van der Waals surface area (Å²) in [6.07, 6.45) is 0. The number of carbonyl (C=O) groups is 3. The van der Waals surface area contributed by atoms with Crippen LogP contribution < -0.4 is 10.6 Å². The molecule has 1 aliphatic heterocycles. The molecule has 21 heavy (non-hydrogen) atoms. The molecule has 0 aromatic heterocycles. The summed E-state index contributed by atoms with van der Waals surface area (Å²) in [6, 6.07) is 4.55. The third-order valence-electron chi connectivity index (χ3n) is 3.23. The smallest absolute Gasteiger partial charge is 0.337 e. The van der Waals surface area contributed by atoms with E-state index in [9.17, 15) is 14.4 Å². The molecule has 1 aromatic rings. The predicted octanol–water partition coefficient (Wildman–Crippen LogP) is 0.745. The number of urea groups is 1. The Labute approximate surface area is 122 Å². The third kappa shape index (κ3) is 3.50. The molecule has 3 amide bonds. The van der Waals surface area contributed by atoms with Crippen LogP contribution in [0.1, 0.15) is 15.9 Å². The van der Waals surface area contributed by atoms with Crippen LogP contribution >= 0.6 is 0 Å². The second-order valence-corrected chi connectivity index (χ2v) is 4.72. The number of rotatable bonds is 2. The minimum Gasteiger partial charge on any atom is -0.465 e. The third-order valence-corrected chi connectivity index (χ3v) is 3.23. The monoisotopic (exact) mass is 291 g/mol. The second kappa shape index (κ2) is 6.25. The van der Waals surface area contributed by atoms with Crippen molar-refractivity contribution in [3.63, 3.8) is 0 Å². The lowest BCUT2D eigenvalue weighted by Crippen LogP contribution is -2.51. The zero-order valence-corrected chi connectivity index (χ0v) is 11.9. The van der Waals surface area contributed by atoms with Crippen LogP contribution in [0.5, 0.6) is 0 Å². The minimum absolute atomic E-state index is 0.0293. The number of benzene rings is 1. The van der Waals surface area contributed by atoms with E-state index in [4.69, 9.17) is 0 Å². The number of aryl methyl sites for hydroxylation is 1. The summed E-state index contributed by atoms with van der Waals surface area (Å²) in [5.41, 5.74) is 1.70. The molecule has 1 aliphatic rings. The van der Waals surface area contributed by atoms with Crippen LogP contribution in [0.4, 0.5) is 10.5 Å². The summed E-state index contributed by atoms with van der Waals surface area (Å²) >= 11 is 0. The van der Waals surface area contributed by atoms with Gasteiger partial charge >= 0.3 is 12.0 Å². The number of amides is 3. The number of esters is 1. The van der Waals surface area contributed by atoms with Crippen molar-refractivity contribution in [3.8, 4) is 0 Å². The fourth-order valence-electron chi connectivity index (χ4n) is 2.01. The van der Waals surface area contributed by atoms with Crippen LogP contribution in [-0.4, -0.2) is 49.6 Å². The van der Waals surface area contributed by atoms with Crippen molar-refractivity contribution in [1.29, 1.82) is 0 Å². The van der Waals surface area contributed by atoms with Crippen molar-refractivity contribution in [3.05, 3.63) is 29.3 Å². The molecule has 0 atom stereocenters. The van der Waals surface area contributed by atoms with E-state index in [0.29, 0.717) is 24.3 Å². The first-order valence-corrected chi connectivity index (χ1v) is 6.53. The topological polar surface area (TPSA) is 87.7 Å². The summed E-state index contributed by atoms with van der Waals surface area (Å²) in [5, 5.41) is 5.37. The van der Waals surface area contributed by atoms with Gasteiger partial charge in [-0.2, -0.15) is 0 Å². The Morgan fingerprint density at radius 1 is 1.38 bits per heavy atom. The van der Waals surface area contributed by atoms with Gasteiger partial charge in [-0.15, -0.1) is 0 Å². The Morgan fingerprint density at radius 3 is 2.81 bits per heavy atom. The fraction of sp³-hybridized carbons (Fsp3) is 0.357. The van der Waals surface area contributed by atoms with E-state index < -0.39 is 5.97 Å². The summed E-state index contributed by atoms with van der Waals surface area (Å²) in [5.74, 6) is -0.653. The van der Waals surface area contributed by atoms with Crippen LogP contribution in [0.15, 0.2) is 18.2 Å². The van der Waals surface area contributed by atoms with Gasteiger partial charge in [0.05, 0.1) is 12.7 Å². The van der Waals surface area contributed by atoms with E-state index >= 15 is 0 Å². The molecule has 112 valence electrons. The molecular weight excluding hydrogens is 274 g/mol.